The standard InChI is InChI=1S/C19H21N5O2/c1-3-26-18(25)23-10-19(11-23)4-5-24-16(19)7-15(22-24)13-6-14-12(2)8-20-17(14)21-9-13/h6-9H,3-5,10-11H2,1-2H3,(H,20,21). The number of carbonyl (C=O) groups excluding carboxylic acids is 1. The van der Waals surface area contributed by atoms with Gasteiger partial charge in [0, 0.05) is 54.1 Å². The van der Waals surface area contributed by atoms with Crippen LogP contribution in [0.1, 0.15) is 24.6 Å². The molecular formula is C19H21N5O2. The molecule has 7 heteroatoms. The van der Waals surface area contributed by atoms with Gasteiger partial charge in [0.2, 0.25) is 0 Å². The largest absolute Gasteiger partial charge is 0.450 e. The Morgan fingerprint density at radius 3 is 3.04 bits per heavy atom. The molecule has 1 saturated heterocycles. The minimum absolute atomic E-state index is 0.0273. The number of amides is 1. The first kappa shape index (κ1) is 15.4. The number of aryl methyl sites for hydroxylation is 2. The van der Waals surface area contributed by atoms with Crippen LogP contribution in [0.25, 0.3) is 22.3 Å². The number of aromatic amines is 1. The highest BCUT2D eigenvalue weighted by Gasteiger charge is 2.51. The molecular weight excluding hydrogens is 330 g/mol. The Bertz CT molecular complexity index is 1010. The van der Waals surface area contributed by atoms with E-state index >= 15 is 0 Å². The van der Waals surface area contributed by atoms with Crippen LogP contribution in [-0.2, 0) is 16.7 Å². The molecule has 0 bridgehead atoms. The van der Waals surface area contributed by atoms with Crippen LogP contribution >= 0.6 is 0 Å². The summed E-state index contributed by atoms with van der Waals surface area (Å²) in [6.45, 7) is 6.64. The second-order valence-corrected chi connectivity index (χ2v) is 7.32. The molecule has 1 fully saturated rings. The molecule has 2 aliphatic rings. The van der Waals surface area contributed by atoms with E-state index in [-0.39, 0.29) is 11.5 Å². The first-order chi connectivity index (χ1) is 12.6. The maximum absolute atomic E-state index is 11.9. The second kappa shape index (κ2) is 5.33. The fourth-order valence-corrected chi connectivity index (χ4v) is 4.23. The van der Waals surface area contributed by atoms with Gasteiger partial charge >= 0.3 is 6.09 Å². The van der Waals surface area contributed by atoms with Crippen LogP contribution in [0.5, 0.6) is 0 Å². The van der Waals surface area contributed by atoms with E-state index in [0.29, 0.717) is 19.7 Å². The Morgan fingerprint density at radius 1 is 1.38 bits per heavy atom. The lowest BCUT2D eigenvalue weighted by Gasteiger charge is -2.46. The van der Waals surface area contributed by atoms with Crippen LogP contribution in [0, 0.1) is 6.92 Å². The summed E-state index contributed by atoms with van der Waals surface area (Å²) >= 11 is 0. The number of rotatable bonds is 2. The second-order valence-electron chi connectivity index (χ2n) is 7.32. The highest BCUT2D eigenvalue weighted by atomic mass is 16.6. The molecule has 0 atom stereocenters. The van der Waals surface area contributed by atoms with Crippen molar-refractivity contribution in [3.63, 3.8) is 0 Å². The molecule has 1 amide bonds. The third kappa shape index (κ3) is 2.09. The molecule has 134 valence electrons. The van der Waals surface area contributed by atoms with Crippen molar-refractivity contribution >= 4 is 17.1 Å². The lowest BCUT2D eigenvalue weighted by molar-refractivity contribution is 0.0399. The van der Waals surface area contributed by atoms with Crippen molar-refractivity contribution in [1.29, 1.82) is 0 Å². The molecule has 3 aromatic rings. The molecule has 0 unspecified atom stereocenters. The van der Waals surface area contributed by atoms with E-state index in [0.717, 1.165) is 35.3 Å². The fraction of sp³-hybridized carbons (Fsp3) is 0.421. The van der Waals surface area contributed by atoms with Gasteiger partial charge in [0.25, 0.3) is 0 Å². The van der Waals surface area contributed by atoms with Gasteiger partial charge in [0.15, 0.2) is 0 Å². The summed E-state index contributed by atoms with van der Waals surface area (Å²) in [7, 11) is 0. The lowest BCUT2D eigenvalue weighted by Crippen LogP contribution is -2.60. The number of hydrogen-bond donors (Lipinski definition) is 1. The Labute approximate surface area is 151 Å². The number of nitrogens with zero attached hydrogens (tertiary/aromatic N) is 4. The zero-order valence-electron chi connectivity index (χ0n) is 15.0. The Hall–Kier alpha value is -2.83. The molecule has 0 aromatic carbocycles. The van der Waals surface area contributed by atoms with Gasteiger partial charge in [-0.3, -0.25) is 4.68 Å². The maximum Gasteiger partial charge on any atom is 0.409 e. The number of likely N-dealkylation sites (tertiary alicyclic amines) is 1. The van der Waals surface area contributed by atoms with Gasteiger partial charge in [-0.1, -0.05) is 0 Å². The molecule has 1 N–H and O–H groups in total. The molecule has 26 heavy (non-hydrogen) atoms. The topological polar surface area (TPSA) is 76.0 Å². The van der Waals surface area contributed by atoms with Crippen LogP contribution in [0.4, 0.5) is 4.79 Å². The smallest absolute Gasteiger partial charge is 0.409 e. The van der Waals surface area contributed by atoms with Crippen molar-refractivity contribution < 1.29 is 9.53 Å². The van der Waals surface area contributed by atoms with Gasteiger partial charge in [0.1, 0.15) is 5.65 Å². The summed E-state index contributed by atoms with van der Waals surface area (Å²) in [5, 5.41) is 5.92. The first-order valence-electron chi connectivity index (χ1n) is 9.04. The van der Waals surface area contributed by atoms with E-state index in [2.05, 4.69) is 33.7 Å². The van der Waals surface area contributed by atoms with E-state index in [1.54, 1.807) is 4.90 Å². The Morgan fingerprint density at radius 2 is 2.23 bits per heavy atom. The van der Waals surface area contributed by atoms with Crippen molar-refractivity contribution in [2.45, 2.75) is 32.2 Å². The summed E-state index contributed by atoms with van der Waals surface area (Å²) in [4.78, 5) is 21.4. The van der Waals surface area contributed by atoms with E-state index in [9.17, 15) is 4.79 Å². The number of carbonyl (C=O) groups is 1. The highest BCUT2D eigenvalue weighted by Crippen LogP contribution is 2.44. The zero-order valence-corrected chi connectivity index (χ0v) is 15.0. The summed E-state index contributed by atoms with van der Waals surface area (Å²) in [5.41, 5.74) is 5.31. The average Bonchev–Trinajstić information content (AvgIpc) is 3.27. The maximum atomic E-state index is 11.9. The van der Waals surface area contributed by atoms with Crippen LogP contribution in [0.2, 0.25) is 0 Å². The SMILES string of the molecule is CCOC(=O)N1CC2(CCn3nc(-c4cnc5[nH]cc(C)c5c4)cc32)C1. The van der Waals surface area contributed by atoms with E-state index < -0.39 is 0 Å². The van der Waals surface area contributed by atoms with Gasteiger partial charge in [0.05, 0.1) is 12.3 Å². The van der Waals surface area contributed by atoms with Gasteiger partial charge in [-0.25, -0.2) is 9.78 Å². The third-order valence-electron chi connectivity index (χ3n) is 5.67. The summed E-state index contributed by atoms with van der Waals surface area (Å²) in [5.74, 6) is 0. The predicted molar refractivity (Wildman–Crippen MR) is 96.9 cm³/mol. The van der Waals surface area contributed by atoms with E-state index in [1.165, 1.54) is 11.3 Å². The minimum Gasteiger partial charge on any atom is -0.450 e. The van der Waals surface area contributed by atoms with Crippen LogP contribution < -0.4 is 0 Å². The van der Waals surface area contributed by atoms with Crippen molar-refractivity contribution in [1.82, 2.24) is 24.6 Å². The van der Waals surface area contributed by atoms with Crippen molar-refractivity contribution in [2.24, 2.45) is 0 Å². The highest BCUT2D eigenvalue weighted by molar-refractivity contribution is 5.83. The van der Waals surface area contributed by atoms with Crippen molar-refractivity contribution in [3.05, 3.63) is 35.8 Å². The molecule has 7 nitrogen and oxygen atoms in total. The third-order valence-corrected chi connectivity index (χ3v) is 5.67. The molecule has 2 aliphatic heterocycles. The monoisotopic (exact) mass is 351 g/mol. The fourth-order valence-electron chi connectivity index (χ4n) is 4.23. The first-order valence-corrected chi connectivity index (χ1v) is 9.04. The van der Waals surface area contributed by atoms with Gasteiger partial charge in [-0.15, -0.1) is 0 Å². The van der Waals surface area contributed by atoms with Crippen LogP contribution in [0.15, 0.2) is 24.5 Å². The number of ether oxygens (including phenoxy) is 1. The normalized spacial score (nSPS) is 17.5. The van der Waals surface area contributed by atoms with Crippen LogP contribution in [-0.4, -0.2) is 50.4 Å². The molecule has 3 aromatic heterocycles. The molecule has 0 aliphatic carbocycles. The quantitative estimate of drug-likeness (QED) is 0.770. The number of hydrogen-bond acceptors (Lipinski definition) is 4. The van der Waals surface area contributed by atoms with E-state index in [1.807, 2.05) is 19.3 Å². The number of H-pyrrole nitrogens is 1. The van der Waals surface area contributed by atoms with Crippen molar-refractivity contribution in [3.8, 4) is 11.3 Å². The molecule has 0 radical (unpaired) electrons. The Balaban J connectivity index is 1.44. The van der Waals surface area contributed by atoms with E-state index in [4.69, 9.17) is 9.84 Å². The van der Waals surface area contributed by atoms with Crippen molar-refractivity contribution in [2.75, 3.05) is 19.7 Å². The number of pyridine rings is 1. The van der Waals surface area contributed by atoms with Gasteiger partial charge in [-0.05, 0) is 38.0 Å². The number of nitrogens with one attached hydrogen (secondary N) is 1. The summed E-state index contributed by atoms with van der Waals surface area (Å²) in [6.07, 6.45) is 4.66. The molecule has 5 heterocycles. The summed E-state index contributed by atoms with van der Waals surface area (Å²) in [6, 6.07) is 4.31. The molecule has 5 rings (SSSR count). The average molecular weight is 351 g/mol. The molecule has 1 spiro atoms. The zero-order chi connectivity index (χ0) is 17.9. The Kier molecular flexibility index (Phi) is 3.16. The van der Waals surface area contributed by atoms with Gasteiger partial charge < -0.3 is 14.6 Å². The predicted octanol–water partition coefficient (Wildman–Crippen LogP) is 2.85. The van der Waals surface area contributed by atoms with Crippen LogP contribution in [0.3, 0.4) is 0 Å². The lowest BCUT2D eigenvalue weighted by atomic mass is 9.76. The number of fused-ring (bicyclic) bond motifs is 3. The molecule has 0 saturated carbocycles. The van der Waals surface area contributed by atoms with Gasteiger partial charge in [-0.2, -0.15) is 5.10 Å². The number of aromatic nitrogens is 4. The minimum atomic E-state index is -0.214. The summed E-state index contributed by atoms with van der Waals surface area (Å²) < 4.78 is 7.20.